The van der Waals surface area contributed by atoms with Crippen molar-refractivity contribution in [3.8, 4) is 5.75 Å². The Morgan fingerprint density at radius 2 is 1.64 bits per heavy atom. The van der Waals surface area contributed by atoms with E-state index in [1.165, 1.54) is 0 Å². The van der Waals surface area contributed by atoms with Gasteiger partial charge in [0.05, 0.1) is 6.61 Å². The third kappa shape index (κ3) is 7.07. The SMILES string of the molecule is CCCCOc1ccc(NC(=O)C(CC(C)C)(CC(C)C)OC)cc1. The molecule has 0 spiro atoms. The summed E-state index contributed by atoms with van der Waals surface area (Å²) in [6.45, 7) is 11.3. The van der Waals surface area contributed by atoms with E-state index in [0.29, 0.717) is 24.7 Å². The van der Waals surface area contributed by atoms with Crippen LogP contribution in [0.3, 0.4) is 0 Å². The fourth-order valence-corrected chi connectivity index (χ4v) is 3.06. The summed E-state index contributed by atoms with van der Waals surface area (Å²) in [7, 11) is 1.63. The fraction of sp³-hybridized carbons (Fsp3) is 0.667. The van der Waals surface area contributed by atoms with Crippen LogP contribution < -0.4 is 10.1 Å². The Kier molecular flexibility index (Phi) is 8.98. The van der Waals surface area contributed by atoms with Crippen molar-refractivity contribution in [2.24, 2.45) is 11.8 Å². The molecule has 0 saturated carbocycles. The van der Waals surface area contributed by atoms with Gasteiger partial charge in [0.1, 0.15) is 11.4 Å². The molecule has 1 rings (SSSR count). The molecule has 142 valence electrons. The molecule has 1 amide bonds. The summed E-state index contributed by atoms with van der Waals surface area (Å²) < 4.78 is 11.4. The third-order valence-corrected chi connectivity index (χ3v) is 4.16. The van der Waals surface area contributed by atoms with Gasteiger partial charge in [-0.15, -0.1) is 0 Å². The minimum Gasteiger partial charge on any atom is -0.494 e. The van der Waals surface area contributed by atoms with Crippen molar-refractivity contribution < 1.29 is 14.3 Å². The number of carbonyl (C=O) groups excluding carboxylic acids is 1. The molecule has 0 aliphatic heterocycles. The van der Waals surface area contributed by atoms with Crippen molar-refractivity contribution in [2.45, 2.75) is 65.9 Å². The highest BCUT2D eigenvalue weighted by Gasteiger charge is 2.39. The standard InChI is InChI=1S/C21H35NO3/c1-7-8-13-25-19-11-9-18(10-12-19)22-20(23)21(24-6,14-16(2)3)15-17(4)5/h9-12,16-17H,7-8,13-15H2,1-6H3,(H,22,23). The first-order valence-electron chi connectivity index (χ1n) is 9.42. The van der Waals surface area contributed by atoms with Crippen LogP contribution in [0.2, 0.25) is 0 Å². The molecule has 0 aliphatic carbocycles. The van der Waals surface area contributed by atoms with E-state index in [2.05, 4.69) is 39.9 Å². The molecule has 1 aromatic rings. The number of unbranched alkanes of at least 4 members (excludes halogenated alkanes) is 1. The predicted octanol–water partition coefficient (Wildman–Crippen LogP) is 5.28. The van der Waals surface area contributed by atoms with Gasteiger partial charge in [-0.05, 0) is 55.4 Å². The van der Waals surface area contributed by atoms with Crippen molar-refractivity contribution in [1.82, 2.24) is 0 Å². The van der Waals surface area contributed by atoms with E-state index in [-0.39, 0.29) is 5.91 Å². The number of methoxy groups -OCH3 is 1. The van der Waals surface area contributed by atoms with E-state index in [1.807, 2.05) is 24.3 Å². The van der Waals surface area contributed by atoms with Gasteiger partial charge in [0.25, 0.3) is 5.91 Å². The lowest BCUT2D eigenvalue weighted by Gasteiger charge is -2.34. The molecule has 4 heteroatoms. The molecule has 0 fully saturated rings. The first-order valence-corrected chi connectivity index (χ1v) is 9.42. The molecule has 0 saturated heterocycles. The Hall–Kier alpha value is -1.55. The van der Waals surface area contributed by atoms with Crippen LogP contribution in [0, 0.1) is 11.8 Å². The van der Waals surface area contributed by atoms with E-state index in [1.54, 1.807) is 7.11 Å². The molecule has 0 bridgehead atoms. The summed E-state index contributed by atoms with van der Waals surface area (Å²) in [5.41, 5.74) is -0.0275. The van der Waals surface area contributed by atoms with E-state index >= 15 is 0 Å². The van der Waals surface area contributed by atoms with Crippen LogP contribution in [0.15, 0.2) is 24.3 Å². The lowest BCUT2D eigenvalue weighted by Crippen LogP contribution is -2.46. The average molecular weight is 350 g/mol. The van der Waals surface area contributed by atoms with Crippen LogP contribution >= 0.6 is 0 Å². The van der Waals surface area contributed by atoms with Crippen molar-refractivity contribution in [3.63, 3.8) is 0 Å². The molecule has 1 aromatic carbocycles. The van der Waals surface area contributed by atoms with E-state index < -0.39 is 5.60 Å². The molecule has 0 aliphatic rings. The van der Waals surface area contributed by atoms with E-state index in [4.69, 9.17) is 9.47 Å². The summed E-state index contributed by atoms with van der Waals surface area (Å²) in [6.07, 6.45) is 3.55. The Bertz CT molecular complexity index is 498. The quantitative estimate of drug-likeness (QED) is 0.553. The minimum absolute atomic E-state index is 0.0722. The molecule has 0 heterocycles. The maximum Gasteiger partial charge on any atom is 0.256 e. The second-order valence-corrected chi connectivity index (χ2v) is 7.57. The molecule has 0 radical (unpaired) electrons. The number of rotatable bonds is 11. The second kappa shape index (κ2) is 10.4. The van der Waals surface area contributed by atoms with E-state index in [0.717, 1.165) is 30.9 Å². The van der Waals surface area contributed by atoms with Crippen molar-refractivity contribution in [2.75, 3.05) is 19.0 Å². The number of carbonyl (C=O) groups is 1. The van der Waals surface area contributed by atoms with Crippen molar-refractivity contribution in [3.05, 3.63) is 24.3 Å². The lowest BCUT2D eigenvalue weighted by atomic mass is 9.84. The molecule has 1 N–H and O–H groups in total. The highest BCUT2D eigenvalue weighted by atomic mass is 16.5. The van der Waals surface area contributed by atoms with Gasteiger partial charge in [0, 0.05) is 12.8 Å². The molecular formula is C21H35NO3. The first kappa shape index (κ1) is 21.5. The van der Waals surface area contributed by atoms with Gasteiger partial charge in [-0.1, -0.05) is 41.0 Å². The Balaban J connectivity index is 2.81. The van der Waals surface area contributed by atoms with Gasteiger partial charge < -0.3 is 14.8 Å². The summed E-state index contributed by atoms with van der Waals surface area (Å²) in [6, 6.07) is 7.55. The second-order valence-electron chi connectivity index (χ2n) is 7.57. The molecule has 0 unspecified atom stereocenters. The number of anilines is 1. The molecule has 4 nitrogen and oxygen atoms in total. The predicted molar refractivity (Wildman–Crippen MR) is 104 cm³/mol. The van der Waals surface area contributed by atoms with Gasteiger partial charge >= 0.3 is 0 Å². The summed E-state index contributed by atoms with van der Waals surface area (Å²) >= 11 is 0. The zero-order chi connectivity index (χ0) is 18.9. The van der Waals surface area contributed by atoms with Gasteiger partial charge in [-0.25, -0.2) is 0 Å². The van der Waals surface area contributed by atoms with E-state index in [9.17, 15) is 4.79 Å². The maximum atomic E-state index is 13.0. The van der Waals surface area contributed by atoms with Gasteiger partial charge in [0.2, 0.25) is 0 Å². The number of hydrogen-bond donors (Lipinski definition) is 1. The largest absolute Gasteiger partial charge is 0.494 e. The highest BCUT2D eigenvalue weighted by Crippen LogP contribution is 2.30. The normalized spacial score (nSPS) is 11.8. The molecule has 25 heavy (non-hydrogen) atoms. The Morgan fingerprint density at radius 3 is 2.08 bits per heavy atom. The van der Waals surface area contributed by atoms with Crippen LogP contribution in [0.5, 0.6) is 5.75 Å². The monoisotopic (exact) mass is 349 g/mol. The van der Waals surface area contributed by atoms with Crippen LogP contribution in [0.4, 0.5) is 5.69 Å². The summed E-state index contributed by atoms with van der Waals surface area (Å²) in [5.74, 6) is 1.50. The lowest BCUT2D eigenvalue weighted by molar-refractivity contribution is -0.142. The van der Waals surface area contributed by atoms with Crippen LogP contribution in [0.1, 0.15) is 60.3 Å². The Morgan fingerprint density at radius 1 is 1.08 bits per heavy atom. The molecular weight excluding hydrogens is 314 g/mol. The molecule has 0 aromatic heterocycles. The maximum absolute atomic E-state index is 13.0. The number of hydrogen-bond acceptors (Lipinski definition) is 3. The zero-order valence-corrected chi connectivity index (χ0v) is 16.7. The average Bonchev–Trinajstić information content (AvgIpc) is 2.55. The van der Waals surface area contributed by atoms with Gasteiger partial charge in [-0.2, -0.15) is 0 Å². The van der Waals surface area contributed by atoms with Crippen LogP contribution in [0.25, 0.3) is 0 Å². The number of ether oxygens (including phenoxy) is 2. The number of amides is 1. The van der Waals surface area contributed by atoms with Gasteiger partial charge in [-0.3, -0.25) is 4.79 Å². The van der Waals surface area contributed by atoms with Crippen molar-refractivity contribution >= 4 is 11.6 Å². The third-order valence-electron chi connectivity index (χ3n) is 4.16. The topological polar surface area (TPSA) is 47.6 Å². The Labute approximate surface area is 153 Å². The van der Waals surface area contributed by atoms with Crippen molar-refractivity contribution in [1.29, 1.82) is 0 Å². The summed E-state index contributed by atoms with van der Waals surface area (Å²) in [5, 5.41) is 3.02. The fourth-order valence-electron chi connectivity index (χ4n) is 3.06. The summed E-state index contributed by atoms with van der Waals surface area (Å²) in [4.78, 5) is 13.0. The minimum atomic E-state index is -0.793. The van der Waals surface area contributed by atoms with Crippen LogP contribution in [-0.2, 0) is 9.53 Å². The highest BCUT2D eigenvalue weighted by molar-refractivity contribution is 5.97. The smallest absolute Gasteiger partial charge is 0.256 e. The zero-order valence-electron chi connectivity index (χ0n) is 16.7. The van der Waals surface area contributed by atoms with Crippen LogP contribution in [-0.4, -0.2) is 25.2 Å². The number of nitrogens with one attached hydrogen (secondary N) is 1. The molecule has 0 atom stereocenters. The number of benzene rings is 1. The van der Waals surface area contributed by atoms with Gasteiger partial charge in [0.15, 0.2) is 0 Å². The first-order chi connectivity index (χ1) is 11.8.